The number of hydrogen-bond donors (Lipinski definition) is 2. The third-order valence-corrected chi connectivity index (χ3v) is 5.44. The molecule has 4 rings (SSSR count). The van der Waals surface area contributed by atoms with E-state index in [1.807, 2.05) is 0 Å². The van der Waals surface area contributed by atoms with Gasteiger partial charge in [0.2, 0.25) is 11.8 Å². The molecular formula is C15H10Cl3NO2. The van der Waals surface area contributed by atoms with Crippen molar-refractivity contribution < 1.29 is 10.2 Å². The lowest BCUT2D eigenvalue weighted by molar-refractivity contribution is 0.395. The molecule has 2 N–H and O–H groups in total. The highest BCUT2D eigenvalue weighted by Crippen LogP contribution is 2.57. The van der Waals surface area contributed by atoms with Crippen LogP contribution in [0.4, 0.5) is 0 Å². The van der Waals surface area contributed by atoms with Crippen LogP contribution in [0.1, 0.15) is 29.4 Å². The maximum Gasteiger partial charge on any atom is 0.202 e. The lowest BCUT2D eigenvalue weighted by Crippen LogP contribution is -1.96. The van der Waals surface area contributed by atoms with E-state index in [9.17, 15) is 10.2 Å². The van der Waals surface area contributed by atoms with Crippen molar-refractivity contribution in [1.29, 1.82) is 0 Å². The Balaban J connectivity index is 1.96. The van der Waals surface area contributed by atoms with Crippen molar-refractivity contribution in [3.05, 3.63) is 50.5 Å². The van der Waals surface area contributed by atoms with Gasteiger partial charge in [0.25, 0.3) is 0 Å². The highest BCUT2D eigenvalue weighted by molar-refractivity contribution is 6.48. The predicted octanol–water partition coefficient (Wildman–Crippen LogP) is 4.99. The van der Waals surface area contributed by atoms with Crippen LogP contribution in [0.15, 0.2) is 24.3 Å². The zero-order chi connectivity index (χ0) is 14.9. The summed E-state index contributed by atoms with van der Waals surface area (Å²) in [7, 11) is 0. The number of nitrogens with zero attached hydrogens (tertiary/aromatic N) is 1. The Kier molecular flexibility index (Phi) is 2.77. The van der Waals surface area contributed by atoms with Crippen molar-refractivity contribution in [2.24, 2.45) is 0 Å². The van der Waals surface area contributed by atoms with E-state index >= 15 is 0 Å². The molecule has 2 bridgehead atoms. The van der Waals surface area contributed by atoms with Gasteiger partial charge in [-0.15, -0.1) is 0 Å². The molecule has 1 aromatic carbocycles. The van der Waals surface area contributed by atoms with Crippen LogP contribution in [0.3, 0.4) is 0 Å². The van der Waals surface area contributed by atoms with Crippen LogP contribution < -0.4 is 0 Å². The lowest BCUT2D eigenvalue weighted by atomic mass is 10.0. The monoisotopic (exact) mass is 341 g/mol. The molecule has 1 aromatic heterocycles. The van der Waals surface area contributed by atoms with Gasteiger partial charge in [-0.25, -0.2) is 0 Å². The van der Waals surface area contributed by atoms with Gasteiger partial charge in [0.15, 0.2) is 0 Å². The van der Waals surface area contributed by atoms with Gasteiger partial charge in [-0.2, -0.15) is 0 Å². The molecule has 0 radical (unpaired) electrons. The third-order valence-electron chi connectivity index (χ3n) is 4.25. The molecule has 0 saturated carbocycles. The molecule has 1 heterocycles. The standard InChI is InChI=1S/C15H10Cl3NO2/c16-9-4-8(5-10(17)13(9)18)19-14(20)11-6-1-2-7(3-6)12(11)15(19)21/h1-2,4-7,20-21H,3H2/t6-,7+. The highest BCUT2D eigenvalue weighted by Gasteiger charge is 2.41. The van der Waals surface area contributed by atoms with Gasteiger partial charge in [-0.1, -0.05) is 47.0 Å². The van der Waals surface area contributed by atoms with Crippen molar-refractivity contribution in [3.63, 3.8) is 0 Å². The molecular weight excluding hydrogens is 333 g/mol. The van der Waals surface area contributed by atoms with Gasteiger partial charge in [-0.3, -0.25) is 4.57 Å². The first kappa shape index (κ1) is 13.4. The molecule has 2 aliphatic rings. The Morgan fingerprint density at radius 2 is 1.38 bits per heavy atom. The van der Waals surface area contributed by atoms with E-state index in [-0.39, 0.29) is 38.7 Å². The molecule has 0 saturated heterocycles. The van der Waals surface area contributed by atoms with Crippen molar-refractivity contribution in [2.45, 2.75) is 18.3 Å². The summed E-state index contributed by atoms with van der Waals surface area (Å²) in [4.78, 5) is 0. The maximum absolute atomic E-state index is 10.5. The molecule has 0 aliphatic heterocycles. The smallest absolute Gasteiger partial charge is 0.202 e. The fraction of sp³-hybridized carbons (Fsp3) is 0.200. The van der Waals surface area contributed by atoms with Crippen LogP contribution in [-0.2, 0) is 0 Å². The molecule has 3 nitrogen and oxygen atoms in total. The van der Waals surface area contributed by atoms with E-state index < -0.39 is 0 Å². The minimum atomic E-state index is 0.0359. The van der Waals surface area contributed by atoms with Gasteiger partial charge in [0.1, 0.15) is 0 Å². The molecule has 0 fully saturated rings. The van der Waals surface area contributed by atoms with E-state index in [1.54, 1.807) is 12.1 Å². The second-order valence-corrected chi connectivity index (χ2v) is 6.56. The minimum Gasteiger partial charge on any atom is -0.494 e. The number of halogens is 3. The zero-order valence-electron chi connectivity index (χ0n) is 10.6. The summed E-state index contributed by atoms with van der Waals surface area (Å²) in [5, 5.41) is 21.8. The molecule has 2 atom stereocenters. The molecule has 0 spiro atoms. The van der Waals surface area contributed by atoms with E-state index in [0.717, 1.165) is 17.5 Å². The molecule has 2 aromatic rings. The zero-order valence-corrected chi connectivity index (χ0v) is 12.9. The Hall–Kier alpha value is -1.29. The van der Waals surface area contributed by atoms with E-state index in [0.29, 0.717) is 5.69 Å². The van der Waals surface area contributed by atoms with E-state index in [4.69, 9.17) is 34.8 Å². The van der Waals surface area contributed by atoms with Gasteiger partial charge < -0.3 is 10.2 Å². The fourth-order valence-electron chi connectivity index (χ4n) is 3.36. The number of aromatic nitrogens is 1. The highest BCUT2D eigenvalue weighted by atomic mass is 35.5. The Morgan fingerprint density at radius 1 is 0.905 bits per heavy atom. The fourth-order valence-corrected chi connectivity index (χ4v) is 3.94. The first-order valence-corrected chi connectivity index (χ1v) is 7.62. The van der Waals surface area contributed by atoms with E-state index in [2.05, 4.69) is 12.2 Å². The first-order chi connectivity index (χ1) is 9.99. The van der Waals surface area contributed by atoms with Crippen LogP contribution in [0.25, 0.3) is 5.69 Å². The Labute approximate surface area is 136 Å². The van der Waals surface area contributed by atoms with Gasteiger partial charge in [-0.05, 0) is 18.6 Å². The van der Waals surface area contributed by atoms with Crippen LogP contribution >= 0.6 is 34.8 Å². The minimum absolute atomic E-state index is 0.0359. The number of hydrogen-bond acceptors (Lipinski definition) is 2. The second kappa shape index (κ2) is 4.35. The second-order valence-electron chi connectivity index (χ2n) is 5.37. The number of fused-ring (bicyclic) bond motifs is 5. The summed E-state index contributed by atoms with van der Waals surface area (Å²) in [6.07, 6.45) is 5.05. The number of benzene rings is 1. The van der Waals surface area contributed by atoms with Gasteiger partial charge >= 0.3 is 0 Å². The molecule has 0 unspecified atom stereocenters. The van der Waals surface area contributed by atoms with Gasteiger partial charge in [0, 0.05) is 23.0 Å². The van der Waals surface area contributed by atoms with Crippen molar-refractivity contribution in [2.75, 3.05) is 0 Å². The molecule has 108 valence electrons. The first-order valence-electron chi connectivity index (χ1n) is 6.48. The van der Waals surface area contributed by atoms with Gasteiger partial charge in [0.05, 0.1) is 20.8 Å². The predicted molar refractivity (Wildman–Crippen MR) is 83.4 cm³/mol. The summed E-state index contributed by atoms with van der Waals surface area (Å²) in [5.74, 6) is 0.397. The molecule has 21 heavy (non-hydrogen) atoms. The topological polar surface area (TPSA) is 45.4 Å². The average Bonchev–Trinajstić information content (AvgIpc) is 3.10. The van der Waals surface area contributed by atoms with Crippen molar-refractivity contribution in [3.8, 4) is 17.4 Å². The summed E-state index contributed by atoms with van der Waals surface area (Å²) < 4.78 is 1.37. The maximum atomic E-state index is 10.5. The SMILES string of the molecule is Oc1c2c(c(O)n1-c1cc(Cl)c(Cl)c(Cl)c1)[C@H]1C=C[C@@H]2C1. The van der Waals surface area contributed by atoms with Crippen LogP contribution in [0, 0.1) is 0 Å². The number of rotatable bonds is 1. The van der Waals surface area contributed by atoms with Crippen LogP contribution in [0.5, 0.6) is 11.8 Å². The van der Waals surface area contributed by atoms with E-state index in [1.165, 1.54) is 4.57 Å². The Bertz CT molecular complexity index is 751. The summed E-state index contributed by atoms with van der Waals surface area (Å²) in [5.41, 5.74) is 2.07. The third kappa shape index (κ3) is 1.68. The number of aromatic hydroxyl groups is 2. The summed E-state index contributed by atoms with van der Waals surface area (Å²) >= 11 is 18.0. The van der Waals surface area contributed by atoms with Crippen LogP contribution in [0.2, 0.25) is 15.1 Å². The van der Waals surface area contributed by atoms with Crippen LogP contribution in [-0.4, -0.2) is 14.8 Å². The Morgan fingerprint density at radius 3 is 1.86 bits per heavy atom. The summed E-state index contributed by atoms with van der Waals surface area (Å²) in [6.45, 7) is 0. The number of allylic oxidation sites excluding steroid dienone is 2. The average molecular weight is 343 g/mol. The van der Waals surface area contributed by atoms with Crippen molar-refractivity contribution in [1.82, 2.24) is 4.57 Å². The molecule has 0 amide bonds. The lowest BCUT2D eigenvalue weighted by Gasteiger charge is -2.11. The quantitative estimate of drug-likeness (QED) is 0.566. The summed E-state index contributed by atoms with van der Waals surface area (Å²) in [6, 6.07) is 3.14. The molecule has 2 aliphatic carbocycles. The molecule has 6 heteroatoms. The van der Waals surface area contributed by atoms with Crippen molar-refractivity contribution >= 4 is 34.8 Å². The normalized spacial score (nSPS) is 22.0. The largest absolute Gasteiger partial charge is 0.494 e.